The second-order valence-corrected chi connectivity index (χ2v) is 5.10. The molecular formula is C15H14Cl2N2O. The lowest BCUT2D eigenvalue weighted by molar-refractivity contribution is -0.119. The lowest BCUT2D eigenvalue weighted by atomic mass is 10.1. The number of carbonyl (C=O) groups is 1. The zero-order valence-corrected chi connectivity index (χ0v) is 12.4. The molecule has 0 spiro atoms. The summed E-state index contributed by atoms with van der Waals surface area (Å²) in [5.41, 5.74) is 2.47. The highest BCUT2D eigenvalue weighted by atomic mass is 35.5. The number of benzene rings is 2. The van der Waals surface area contributed by atoms with Crippen LogP contribution in [0.25, 0.3) is 0 Å². The minimum absolute atomic E-state index is 0.0735. The molecule has 0 aliphatic rings. The van der Waals surface area contributed by atoms with Gasteiger partial charge >= 0.3 is 0 Å². The van der Waals surface area contributed by atoms with E-state index in [2.05, 4.69) is 10.6 Å². The molecule has 1 amide bonds. The molecular weight excluding hydrogens is 295 g/mol. The summed E-state index contributed by atoms with van der Waals surface area (Å²) >= 11 is 12.3. The standard InChI is InChI=1S/C15H14Cl2N2O/c1-10(20)18-9-11-5-2-3-8-14(11)19-15-12(16)6-4-7-13(15)17/h2-8,19H,9H2,1H3,(H,18,20). The van der Waals surface area contributed by atoms with E-state index in [1.165, 1.54) is 6.92 Å². The first-order valence-electron chi connectivity index (χ1n) is 6.11. The molecule has 2 aromatic carbocycles. The van der Waals surface area contributed by atoms with Gasteiger partial charge in [-0.05, 0) is 23.8 Å². The zero-order chi connectivity index (χ0) is 14.5. The molecule has 5 heteroatoms. The maximum atomic E-state index is 11.0. The molecule has 2 aromatic rings. The van der Waals surface area contributed by atoms with Crippen LogP contribution in [-0.2, 0) is 11.3 Å². The second kappa shape index (κ2) is 6.64. The van der Waals surface area contributed by atoms with E-state index in [9.17, 15) is 4.79 Å². The summed E-state index contributed by atoms with van der Waals surface area (Å²) < 4.78 is 0. The maximum absolute atomic E-state index is 11.0. The van der Waals surface area contributed by atoms with Crippen LogP contribution >= 0.6 is 23.2 Å². The summed E-state index contributed by atoms with van der Waals surface area (Å²) in [5, 5.41) is 7.09. The molecule has 0 aromatic heterocycles. The van der Waals surface area contributed by atoms with Gasteiger partial charge in [0.05, 0.1) is 15.7 Å². The second-order valence-electron chi connectivity index (χ2n) is 4.29. The predicted octanol–water partition coefficient (Wildman–Crippen LogP) is 4.37. The topological polar surface area (TPSA) is 41.1 Å². The maximum Gasteiger partial charge on any atom is 0.217 e. The number of carbonyl (C=O) groups excluding carboxylic acids is 1. The van der Waals surface area contributed by atoms with Gasteiger partial charge in [0.2, 0.25) is 5.91 Å². The highest BCUT2D eigenvalue weighted by Crippen LogP contribution is 2.33. The summed E-state index contributed by atoms with van der Waals surface area (Å²) in [5.74, 6) is -0.0735. The summed E-state index contributed by atoms with van der Waals surface area (Å²) in [6.07, 6.45) is 0. The van der Waals surface area contributed by atoms with Crippen LogP contribution < -0.4 is 10.6 Å². The smallest absolute Gasteiger partial charge is 0.217 e. The number of anilines is 2. The van der Waals surface area contributed by atoms with E-state index in [1.54, 1.807) is 18.2 Å². The van der Waals surface area contributed by atoms with Gasteiger partial charge in [-0.1, -0.05) is 47.5 Å². The summed E-state index contributed by atoms with van der Waals surface area (Å²) in [7, 11) is 0. The molecule has 0 heterocycles. The van der Waals surface area contributed by atoms with Crippen molar-refractivity contribution in [2.45, 2.75) is 13.5 Å². The van der Waals surface area contributed by atoms with E-state index in [0.717, 1.165) is 11.3 Å². The number of hydrogen-bond acceptors (Lipinski definition) is 2. The minimum Gasteiger partial charge on any atom is -0.353 e. The van der Waals surface area contributed by atoms with Crippen LogP contribution in [0.5, 0.6) is 0 Å². The number of rotatable bonds is 4. The summed E-state index contributed by atoms with van der Waals surface area (Å²) in [6.45, 7) is 1.93. The zero-order valence-electron chi connectivity index (χ0n) is 10.9. The number of halogens is 2. The van der Waals surface area contributed by atoms with Gasteiger partial charge in [0.25, 0.3) is 0 Å². The predicted molar refractivity (Wildman–Crippen MR) is 83.7 cm³/mol. The van der Waals surface area contributed by atoms with E-state index < -0.39 is 0 Å². The third kappa shape index (κ3) is 3.65. The Labute approximate surface area is 127 Å². The van der Waals surface area contributed by atoms with E-state index in [-0.39, 0.29) is 5.91 Å². The molecule has 3 nitrogen and oxygen atoms in total. The van der Waals surface area contributed by atoms with Gasteiger partial charge in [0.1, 0.15) is 0 Å². The molecule has 0 saturated carbocycles. The molecule has 2 N–H and O–H groups in total. The van der Waals surface area contributed by atoms with Crippen molar-refractivity contribution in [3.05, 3.63) is 58.1 Å². The van der Waals surface area contributed by atoms with Crippen molar-refractivity contribution in [3.8, 4) is 0 Å². The highest BCUT2D eigenvalue weighted by molar-refractivity contribution is 6.39. The largest absolute Gasteiger partial charge is 0.353 e. The molecule has 0 unspecified atom stereocenters. The lowest BCUT2D eigenvalue weighted by Crippen LogP contribution is -2.19. The van der Waals surface area contributed by atoms with Crippen LogP contribution in [0.2, 0.25) is 10.0 Å². The fraction of sp³-hybridized carbons (Fsp3) is 0.133. The Kier molecular flexibility index (Phi) is 4.88. The van der Waals surface area contributed by atoms with Gasteiger partial charge in [-0.3, -0.25) is 4.79 Å². The number of hydrogen-bond donors (Lipinski definition) is 2. The van der Waals surface area contributed by atoms with Crippen LogP contribution in [-0.4, -0.2) is 5.91 Å². The van der Waals surface area contributed by atoms with Gasteiger partial charge in [-0.15, -0.1) is 0 Å². The van der Waals surface area contributed by atoms with Crippen molar-refractivity contribution < 1.29 is 4.79 Å². The van der Waals surface area contributed by atoms with Crippen molar-refractivity contribution in [3.63, 3.8) is 0 Å². The SMILES string of the molecule is CC(=O)NCc1ccccc1Nc1c(Cl)cccc1Cl. The Morgan fingerprint density at radius 2 is 1.70 bits per heavy atom. The Hall–Kier alpha value is -1.71. The molecule has 0 saturated heterocycles. The molecule has 0 aliphatic carbocycles. The van der Waals surface area contributed by atoms with E-state index in [4.69, 9.17) is 23.2 Å². The molecule has 20 heavy (non-hydrogen) atoms. The number of para-hydroxylation sites is 2. The van der Waals surface area contributed by atoms with Gasteiger partial charge < -0.3 is 10.6 Å². The Morgan fingerprint density at radius 3 is 2.35 bits per heavy atom. The van der Waals surface area contributed by atoms with Crippen molar-refractivity contribution in [2.24, 2.45) is 0 Å². The molecule has 104 valence electrons. The number of nitrogens with one attached hydrogen (secondary N) is 2. The van der Waals surface area contributed by atoms with Crippen LogP contribution in [0.15, 0.2) is 42.5 Å². The average molecular weight is 309 g/mol. The van der Waals surface area contributed by atoms with Gasteiger partial charge in [0, 0.05) is 19.2 Å². The monoisotopic (exact) mass is 308 g/mol. The third-order valence-electron chi connectivity index (χ3n) is 2.77. The van der Waals surface area contributed by atoms with Crippen molar-refractivity contribution in [2.75, 3.05) is 5.32 Å². The third-order valence-corrected chi connectivity index (χ3v) is 3.40. The number of amides is 1. The average Bonchev–Trinajstić information content (AvgIpc) is 2.42. The van der Waals surface area contributed by atoms with Crippen LogP contribution in [0.3, 0.4) is 0 Å². The van der Waals surface area contributed by atoms with Gasteiger partial charge in [-0.2, -0.15) is 0 Å². The Bertz CT molecular complexity index is 609. The normalized spacial score (nSPS) is 10.2. The molecule has 0 bridgehead atoms. The quantitative estimate of drug-likeness (QED) is 0.880. The first-order valence-corrected chi connectivity index (χ1v) is 6.87. The Balaban J connectivity index is 2.27. The summed E-state index contributed by atoms with van der Waals surface area (Å²) in [6, 6.07) is 13.0. The molecule has 0 atom stereocenters. The Morgan fingerprint density at radius 1 is 1.05 bits per heavy atom. The van der Waals surface area contributed by atoms with E-state index in [0.29, 0.717) is 22.3 Å². The fourth-order valence-electron chi connectivity index (χ4n) is 1.77. The van der Waals surface area contributed by atoms with E-state index >= 15 is 0 Å². The highest BCUT2D eigenvalue weighted by Gasteiger charge is 2.08. The lowest BCUT2D eigenvalue weighted by Gasteiger charge is -2.14. The molecule has 0 radical (unpaired) electrons. The van der Waals surface area contributed by atoms with Crippen LogP contribution in [0.4, 0.5) is 11.4 Å². The molecule has 0 fully saturated rings. The van der Waals surface area contributed by atoms with Crippen LogP contribution in [0, 0.1) is 0 Å². The van der Waals surface area contributed by atoms with Gasteiger partial charge in [-0.25, -0.2) is 0 Å². The minimum atomic E-state index is -0.0735. The summed E-state index contributed by atoms with van der Waals surface area (Å²) in [4.78, 5) is 11.0. The fourth-order valence-corrected chi connectivity index (χ4v) is 2.26. The van der Waals surface area contributed by atoms with Crippen molar-refractivity contribution >= 4 is 40.5 Å². The van der Waals surface area contributed by atoms with Crippen molar-refractivity contribution in [1.82, 2.24) is 5.32 Å². The van der Waals surface area contributed by atoms with E-state index in [1.807, 2.05) is 24.3 Å². The molecule has 2 rings (SSSR count). The first-order chi connectivity index (χ1) is 9.58. The first kappa shape index (κ1) is 14.7. The van der Waals surface area contributed by atoms with Crippen molar-refractivity contribution in [1.29, 1.82) is 0 Å². The molecule has 0 aliphatic heterocycles. The van der Waals surface area contributed by atoms with Crippen LogP contribution in [0.1, 0.15) is 12.5 Å². The van der Waals surface area contributed by atoms with Gasteiger partial charge in [0.15, 0.2) is 0 Å².